The highest BCUT2D eigenvalue weighted by Crippen LogP contribution is 2.44. The largest absolute Gasteiger partial charge is 0.497 e. The molecule has 1 heterocycles. The Morgan fingerprint density at radius 2 is 1.69 bits per heavy atom. The molecule has 3 aromatic carbocycles. The topological polar surface area (TPSA) is 120 Å². The maximum atomic E-state index is 13.8. The summed E-state index contributed by atoms with van der Waals surface area (Å²) in [5.74, 6) is 0.118. The number of ether oxygens (including phenoxy) is 2. The van der Waals surface area contributed by atoms with Crippen molar-refractivity contribution in [2.24, 2.45) is 0 Å². The lowest BCUT2D eigenvalue weighted by Crippen LogP contribution is -2.55. The van der Waals surface area contributed by atoms with Crippen molar-refractivity contribution in [1.29, 1.82) is 0 Å². The van der Waals surface area contributed by atoms with Crippen LogP contribution in [0.2, 0.25) is 0 Å². The van der Waals surface area contributed by atoms with Crippen LogP contribution in [0.5, 0.6) is 5.75 Å². The third-order valence-corrected chi connectivity index (χ3v) is 9.30. The summed E-state index contributed by atoms with van der Waals surface area (Å²) < 4.78 is 11.4. The number of β-amino-alcohol motifs (C(OH)–C–C–N with tert-alkyl or cyclic N) is 1. The molecule has 3 aromatic rings. The molecule has 2 bridgehead atoms. The van der Waals surface area contributed by atoms with E-state index in [9.17, 15) is 19.5 Å². The minimum Gasteiger partial charge on any atom is -0.497 e. The zero-order valence-electron chi connectivity index (χ0n) is 27.9. The number of rotatable bonds is 6. The molecule has 5 rings (SSSR count). The third-order valence-electron chi connectivity index (χ3n) is 9.30. The number of hydrogen-bond donors (Lipinski definition) is 3. The first-order valence-corrected chi connectivity index (χ1v) is 16.5. The molecular weight excluding hydrogens is 608 g/mol. The zero-order chi connectivity index (χ0) is 34.0. The Morgan fingerprint density at radius 3 is 2.38 bits per heavy atom. The van der Waals surface area contributed by atoms with Gasteiger partial charge in [0.25, 0.3) is 0 Å². The van der Waals surface area contributed by atoms with Crippen LogP contribution in [0.15, 0.2) is 91.0 Å². The van der Waals surface area contributed by atoms with Crippen molar-refractivity contribution in [1.82, 2.24) is 20.4 Å². The summed E-state index contributed by atoms with van der Waals surface area (Å²) in [4.78, 5) is 43.1. The van der Waals surface area contributed by atoms with Crippen LogP contribution in [-0.4, -0.2) is 78.2 Å². The second kappa shape index (κ2) is 16.4. The van der Waals surface area contributed by atoms with Gasteiger partial charge in [0.2, 0.25) is 11.8 Å². The standard InChI is InChI=1S/C38H46N4O6/c1-26(43)41(2)34-17-11-6-12-20-42(38(46)48-25-28-15-9-5-10-16-28)35-23-32(31-22-29(47-3)18-19-30(31)35)39-24-36(44)33(40-37(34)45)21-27-13-7-4-8-14-27/h4-11,13-16,18-19,22,32-36,39,44H,12,17,20-21,23-25H2,1-3H3,(H,40,45)/b11-6-/t32-,33-,34-,35?,36+/m0/s1. The van der Waals surface area contributed by atoms with E-state index in [4.69, 9.17) is 9.47 Å². The second-order valence-electron chi connectivity index (χ2n) is 12.5. The molecule has 2 aliphatic rings. The van der Waals surface area contributed by atoms with Gasteiger partial charge in [-0.15, -0.1) is 0 Å². The molecule has 10 heteroatoms. The SMILES string of the molecule is COc1ccc2c(c1)[C@@H]1CC2N(C(=O)OCc2ccccc2)CC/C=C\C[C@H](N(C)C(C)=O)C(=O)N[C@@H](Cc2ccccc2)[C@H](O)CN1. The van der Waals surface area contributed by atoms with E-state index in [0.717, 1.165) is 22.3 Å². The van der Waals surface area contributed by atoms with Crippen molar-refractivity contribution in [2.75, 3.05) is 27.2 Å². The fraction of sp³-hybridized carbons (Fsp3) is 0.395. The predicted octanol–water partition coefficient (Wildman–Crippen LogP) is 4.69. The Bertz CT molecular complexity index is 1570. The maximum Gasteiger partial charge on any atom is 0.410 e. The van der Waals surface area contributed by atoms with Gasteiger partial charge in [0.15, 0.2) is 0 Å². The van der Waals surface area contributed by atoms with Crippen LogP contribution < -0.4 is 15.4 Å². The van der Waals surface area contributed by atoms with E-state index in [1.807, 2.05) is 91.0 Å². The number of carbonyl (C=O) groups excluding carboxylic acids is 3. The van der Waals surface area contributed by atoms with Crippen LogP contribution in [0, 0.1) is 0 Å². The van der Waals surface area contributed by atoms with Crippen molar-refractivity contribution < 1.29 is 29.0 Å². The molecule has 5 atom stereocenters. The number of carbonyl (C=O) groups is 3. The van der Waals surface area contributed by atoms with Crippen molar-refractivity contribution in [3.63, 3.8) is 0 Å². The van der Waals surface area contributed by atoms with Gasteiger partial charge in [-0.05, 0) is 60.1 Å². The van der Waals surface area contributed by atoms with Crippen molar-refractivity contribution >= 4 is 17.9 Å². The minimum atomic E-state index is -0.957. The first-order valence-electron chi connectivity index (χ1n) is 16.5. The van der Waals surface area contributed by atoms with Gasteiger partial charge in [0.05, 0.1) is 25.3 Å². The number of likely N-dealkylation sites (N-methyl/N-ethyl adjacent to an activating group) is 1. The molecule has 1 unspecified atom stereocenters. The van der Waals surface area contributed by atoms with Gasteiger partial charge in [-0.3, -0.25) is 9.59 Å². The summed E-state index contributed by atoms with van der Waals surface area (Å²) in [7, 11) is 3.23. The summed E-state index contributed by atoms with van der Waals surface area (Å²) in [6.07, 6.45) is 4.21. The molecule has 1 aliphatic heterocycles. The Labute approximate surface area is 282 Å². The highest BCUT2D eigenvalue weighted by molar-refractivity contribution is 5.87. The molecule has 10 nitrogen and oxygen atoms in total. The molecule has 0 saturated heterocycles. The number of methoxy groups -OCH3 is 1. The Morgan fingerprint density at radius 1 is 0.979 bits per heavy atom. The van der Waals surface area contributed by atoms with E-state index in [0.29, 0.717) is 31.6 Å². The minimum absolute atomic E-state index is 0.152. The summed E-state index contributed by atoms with van der Waals surface area (Å²) >= 11 is 0. The summed E-state index contributed by atoms with van der Waals surface area (Å²) in [6.45, 7) is 2.14. The Balaban J connectivity index is 1.46. The molecule has 48 heavy (non-hydrogen) atoms. The van der Waals surface area contributed by atoms with E-state index in [1.54, 1.807) is 19.1 Å². The van der Waals surface area contributed by atoms with Gasteiger partial charge in [-0.25, -0.2) is 4.79 Å². The maximum absolute atomic E-state index is 13.8. The molecule has 3 amide bonds. The van der Waals surface area contributed by atoms with Gasteiger partial charge in [0, 0.05) is 33.1 Å². The number of benzene rings is 3. The van der Waals surface area contributed by atoms with Gasteiger partial charge >= 0.3 is 6.09 Å². The predicted molar refractivity (Wildman–Crippen MR) is 183 cm³/mol. The van der Waals surface area contributed by atoms with E-state index < -0.39 is 24.3 Å². The molecule has 0 aromatic heterocycles. The van der Waals surface area contributed by atoms with E-state index in [1.165, 1.54) is 11.8 Å². The molecule has 1 aliphatic carbocycles. The van der Waals surface area contributed by atoms with E-state index in [-0.39, 0.29) is 43.5 Å². The van der Waals surface area contributed by atoms with Crippen LogP contribution in [0.3, 0.4) is 0 Å². The zero-order valence-corrected chi connectivity index (χ0v) is 27.9. The van der Waals surface area contributed by atoms with E-state index in [2.05, 4.69) is 10.6 Å². The average molecular weight is 655 g/mol. The summed E-state index contributed by atoms with van der Waals surface area (Å²) in [5.41, 5.74) is 3.84. The molecule has 0 fully saturated rings. The first-order chi connectivity index (χ1) is 23.2. The van der Waals surface area contributed by atoms with Crippen molar-refractivity contribution in [2.45, 2.75) is 69.5 Å². The smallest absolute Gasteiger partial charge is 0.410 e. The molecule has 0 radical (unpaired) electrons. The molecule has 254 valence electrons. The second-order valence-corrected chi connectivity index (χ2v) is 12.5. The number of nitrogens with one attached hydrogen (secondary N) is 2. The highest BCUT2D eigenvalue weighted by atomic mass is 16.6. The van der Waals surface area contributed by atoms with Gasteiger partial charge in [0.1, 0.15) is 18.4 Å². The lowest BCUT2D eigenvalue weighted by atomic mass is 9.99. The Hall–Kier alpha value is -4.67. The van der Waals surface area contributed by atoms with E-state index >= 15 is 0 Å². The number of aliphatic hydroxyl groups excluding tert-OH is 1. The van der Waals surface area contributed by atoms with Gasteiger partial charge in [-0.1, -0.05) is 78.9 Å². The van der Waals surface area contributed by atoms with Crippen LogP contribution >= 0.6 is 0 Å². The monoisotopic (exact) mass is 654 g/mol. The van der Waals surface area contributed by atoms with Crippen LogP contribution in [0.4, 0.5) is 4.79 Å². The number of aliphatic hydroxyl groups is 1. The third kappa shape index (κ3) is 8.62. The molecule has 0 spiro atoms. The van der Waals surface area contributed by atoms with Crippen molar-refractivity contribution in [3.8, 4) is 5.75 Å². The van der Waals surface area contributed by atoms with Crippen LogP contribution in [0.1, 0.15) is 60.5 Å². The molecule has 0 saturated carbocycles. The number of fused-ring (bicyclic) bond motifs is 5. The number of hydrogen-bond acceptors (Lipinski definition) is 7. The molecular formula is C38H46N4O6. The number of amides is 3. The van der Waals surface area contributed by atoms with Gasteiger partial charge < -0.3 is 35.0 Å². The molecule has 3 N–H and O–H groups in total. The summed E-state index contributed by atoms with van der Waals surface area (Å²) in [6, 6.07) is 23.3. The normalized spacial score (nSPS) is 23.8. The van der Waals surface area contributed by atoms with Crippen molar-refractivity contribution in [3.05, 3.63) is 113 Å². The average Bonchev–Trinajstić information content (AvgIpc) is 3.46. The van der Waals surface area contributed by atoms with Crippen LogP contribution in [0.25, 0.3) is 0 Å². The highest BCUT2D eigenvalue weighted by Gasteiger charge is 2.38. The first kappa shape index (κ1) is 34.7. The Kier molecular flexibility index (Phi) is 11.9. The summed E-state index contributed by atoms with van der Waals surface area (Å²) in [5, 5.41) is 18.2. The fourth-order valence-electron chi connectivity index (χ4n) is 6.48. The lowest BCUT2D eigenvalue weighted by molar-refractivity contribution is -0.138. The number of nitrogens with zero attached hydrogens (tertiary/aromatic N) is 2. The fourth-order valence-corrected chi connectivity index (χ4v) is 6.48. The quantitative estimate of drug-likeness (QED) is 0.330. The van der Waals surface area contributed by atoms with Crippen LogP contribution in [-0.2, 0) is 27.4 Å². The lowest BCUT2D eigenvalue weighted by Gasteiger charge is -2.31. The van der Waals surface area contributed by atoms with Gasteiger partial charge in [-0.2, -0.15) is 0 Å².